The highest BCUT2D eigenvalue weighted by Crippen LogP contribution is 2.34. The largest absolute Gasteiger partial charge is 0.387 e. The summed E-state index contributed by atoms with van der Waals surface area (Å²) in [6, 6.07) is 17.1. The second-order valence-electron chi connectivity index (χ2n) is 5.93. The highest BCUT2D eigenvalue weighted by atomic mass is 32.1. The van der Waals surface area contributed by atoms with Crippen molar-refractivity contribution in [1.29, 1.82) is 0 Å². The number of aliphatic hydroxyl groups is 1. The van der Waals surface area contributed by atoms with Gasteiger partial charge in [-0.25, -0.2) is 9.37 Å². The SMILES string of the molecule is O=C(NCC(O)c1ccc(F)cc1)c1ccc(-c2nc3ccccc3s2)s1. The molecule has 4 aromatic rings. The van der Waals surface area contributed by atoms with Crippen molar-refractivity contribution < 1.29 is 14.3 Å². The third-order valence-electron chi connectivity index (χ3n) is 4.05. The topological polar surface area (TPSA) is 62.2 Å². The van der Waals surface area contributed by atoms with Crippen LogP contribution < -0.4 is 5.32 Å². The molecule has 2 aromatic heterocycles. The number of thiophene rings is 1. The number of hydrogen-bond acceptors (Lipinski definition) is 5. The van der Waals surface area contributed by atoms with E-state index in [0.29, 0.717) is 10.4 Å². The lowest BCUT2D eigenvalue weighted by Gasteiger charge is -2.11. The minimum absolute atomic E-state index is 0.0544. The molecular formula is C20H15FN2O2S2. The van der Waals surface area contributed by atoms with Crippen molar-refractivity contribution in [3.63, 3.8) is 0 Å². The molecule has 0 spiro atoms. The Morgan fingerprint density at radius 2 is 1.85 bits per heavy atom. The van der Waals surface area contributed by atoms with Gasteiger partial charge in [0.1, 0.15) is 10.8 Å². The Kier molecular flexibility index (Phi) is 4.98. The maximum atomic E-state index is 12.9. The van der Waals surface area contributed by atoms with Gasteiger partial charge in [0, 0.05) is 6.54 Å². The third-order valence-corrected chi connectivity index (χ3v) is 6.33. The van der Waals surface area contributed by atoms with E-state index in [2.05, 4.69) is 10.3 Å². The van der Waals surface area contributed by atoms with Crippen LogP contribution in [0.15, 0.2) is 60.7 Å². The van der Waals surface area contributed by atoms with Gasteiger partial charge in [-0.1, -0.05) is 24.3 Å². The molecule has 0 bridgehead atoms. The van der Waals surface area contributed by atoms with Gasteiger partial charge >= 0.3 is 0 Å². The van der Waals surface area contributed by atoms with E-state index in [-0.39, 0.29) is 18.3 Å². The van der Waals surface area contributed by atoms with Gasteiger partial charge in [0.15, 0.2) is 0 Å². The van der Waals surface area contributed by atoms with Gasteiger partial charge in [0.05, 0.1) is 26.1 Å². The zero-order chi connectivity index (χ0) is 18.8. The Hall–Kier alpha value is -2.61. The number of fused-ring (bicyclic) bond motifs is 1. The van der Waals surface area contributed by atoms with Crippen molar-refractivity contribution in [2.75, 3.05) is 6.54 Å². The average molecular weight is 398 g/mol. The van der Waals surface area contributed by atoms with Gasteiger partial charge in [0.2, 0.25) is 0 Å². The average Bonchev–Trinajstić information content (AvgIpc) is 3.33. The van der Waals surface area contributed by atoms with E-state index in [1.54, 1.807) is 17.4 Å². The Labute approximate surface area is 162 Å². The van der Waals surface area contributed by atoms with Gasteiger partial charge in [-0.15, -0.1) is 22.7 Å². The fourth-order valence-corrected chi connectivity index (χ4v) is 4.57. The van der Waals surface area contributed by atoms with E-state index in [1.807, 2.05) is 30.3 Å². The van der Waals surface area contributed by atoms with E-state index in [0.717, 1.165) is 20.1 Å². The van der Waals surface area contributed by atoms with Crippen molar-refractivity contribution >= 4 is 38.8 Å². The first kappa shape index (κ1) is 17.8. The Morgan fingerprint density at radius 1 is 1.07 bits per heavy atom. The molecule has 1 atom stereocenters. The highest BCUT2D eigenvalue weighted by Gasteiger charge is 2.15. The van der Waals surface area contributed by atoms with Crippen LogP contribution in [0.3, 0.4) is 0 Å². The molecule has 1 amide bonds. The molecule has 0 radical (unpaired) electrons. The molecule has 4 nitrogen and oxygen atoms in total. The fraction of sp³-hybridized carbons (Fsp3) is 0.100. The predicted octanol–water partition coefficient (Wildman–Crippen LogP) is 4.63. The lowest BCUT2D eigenvalue weighted by Crippen LogP contribution is -2.27. The maximum Gasteiger partial charge on any atom is 0.261 e. The van der Waals surface area contributed by atoms with Crippen molar-refractivity contribution in [3.05, 3.63) is 76.9 Å². The molecule has 0 fully saturated rings. The Balaban J connectivity index is 1.43. The second kappa shape index (κ2) is 7.56. The number of rotatable bonds is 5. The molecule has 0 saturated heterocycles. The van der Waals surface area contributed by atoms with Crippen LogP contribution in [0.5, 0.6) is 0 Å². The van der Waals surface area contributed by atoms with Crippen LogP contribution in [0.2, 0.25) is 0 Å². The van der Waals surface area contributed by atoms with Crippen LogP contribution in [0.25, 0.3) is 20.1 Å². The van der Waals surface area contributed by atoms with Crippen molar-refractivity contribution in [1.82, 2.24) is 10.3 Å². The molecule has 136 valence electrons. The first-order valence-electron chi connectivity index (χ1n) is 8.27. The maximum absolute atomic E-state index is 12.9. The molecule has 2 N–H and O–H groups in total. The lowest BCUT2D eigenvalue weighted by molar-refractivity contribution is 0.0920. The fourth-order valence-electron chi connectivity index (χ4n) is 2.63. The smallest absolute Gasteiger partial charge is 0.261 e. The van der Waals surface area contributed by atoms with Gasteiger partial charge in [-0.05, 0) is 42.0 Å². The first-order chi connectivity index (χ1) is 13.1. The molecule has 0 aliphatic heterocycles. The van der Waals surface area contributed by atoms with E-state index in [4.69, 9.17) is 0 Å². The third kappa shape index (κ3) is 3.90. The van der Waals surface area contributed by atoms with Crippen LogP contribution in [-0.2, 0) is 0 Å². The highest BCUT2D eigenvalue weighted by molar-refractivity contribution is 7.26. The summed E-state index contributed by atoms with van der Waals surface area (Å²) in [6.07, 6.45) is -0.891. The van der Waals surface area contributed by atoms with Crippen molar-refractivity contribution in [3.8, 4) is 9.88 Å². The molecule has 2 heterocycles. The zero-order valence-electron chi connectivity index (χ0n) is 14.1. The summed E-state index contributed by atoms with van der Waals surface area (Å²) in [5.74, 6) is -0.621. The standard InChI is InChI=1S/C20H15FN2O2S2/c21-13-7-5-12(6-8-13)15(24)11-22-19(25)17-9-10-18(26-17)20-23-14-3-1-2-4-16(14)27-20/h1-10,15,24H,11H2,(H,22,25). The Morgan fingerprint density at radius 3 is 2.63 bits per heavy atom. The minimum atomic E-state index is -0.891. The van der Waals surface area contributed by atoms with E-state index < -0.39 is 6.10 Å². The number of amides is 1. The molecule has 0 aliphatic carbocycles. The van der Waals surface area contributed by atoms with E-state index in [9.17, 15) is 14.3 Å². The number of hydrogen-bond donors (Lipinski definition) is 2. The number of nitrogens with one attached hydrogen (secondary N) is 1. The molecule has 2 aromatic carbocycles. The van der Waals surface area contributed by atoms with E-state index >= 15 is 0 Å². The molecule has 27 heavy (non-hydrogen) atoms. The quantitative estimate of drug-likeness (QED) is 0.515. The number of aromatic nitrogens is 1. The Bertz CT molecular complexity index is 1060. The molecular weight excluding hydrogens is 383 g/mol. The summed E-state index contributed by atoms with van der Waals surface area (Å²) >= 11 is 2.95. The number of halogens is 1. The van der Waals surface area contributed by atoms with E-state index in [1.165, 1.54) is 35.6 Å². The van der Waals surface area contributed by atoms with Crippen LogP contribution in [-0.4, -0.2) is 22.5 Å². The lowest BCUT2D eigenvalue weighted by atomic mass is 10.1. The van der Waals surface area contributed by atoms with Crippen LogP contribution in [0.4, 0.5) is 4.39 Å². The summed E-state index contributed by atoms with van der Waals surface area (Å²) < 4.78 is 14.0. The number of aliphatic hydroxyl groups excluding tert-OH is 1. The first-order valence-corrected chi connectivity index (χ1v) is 9.91. The predicted molar refractivity (Wildman–Crippen MR) is 107 cm³/mol. The zero-order valence-corrected chi connectivity index (χ0v) is 15.7. The number of carbonyl (C=O) groups excluding carboxylic acids is 1. The molecule has 0 aliphatic rings. The second-order valence-corrected chi connectivity index (χ2v) is 8.04. The number of carbonyl (C=O) groups is 1. The summed E-state index contributed by atoms with van der Waals surface area (Å²) in [6.45, 7) is 0.0544. The normalized spacial score (nSPS) is 12.2. The number of thiazole rings is 1. The van der Waals surface area contributed by atoms with Gasteiger partial charge in [-0.3, -0.25) is 4.79 Å². The van der Waals surface area contributed by atoms with Gasteiger partial charge < -0.3 is 10.4 Å². The summed E-state index contributed by atoms with van der Waals surface area (Å²) in [4.78, 5) is 18.4. The molecule has 0 saturated carbocycles. The van der Waals surface area contributed by atoms with Crippen LogP contribution in [0, 0.1) is 5.82 Å². The van der Waals surface area contributed by atoms with Gasteiger partial charge in [0.25, 0.3) is 5.91 Å². The minimum Gasteiger partial charge on any atom is -0.387 e. The molecule has 1 unspecified atom stereocenters. The summed E-state index contributed by atoms with van der Waals surface area (Å²) in [5.41, 5.74) is 1.50. The number of nitrogens with zero attached hydrogens (tertiary/aromatic N) is 1. The summed E-state index contributed by atoms with van der Waals surface area (Å²) in [7, 11) is 0. The number of benzene rings is 2. The van der Waals surface area contributed by atoms with Gasteiger partial charge in [-0.2, -0.15) is 0 Å². The van der Waals surface area contributed by atoms with Crippen molar-refractivity contribution in [2.45, 2.75) is 6.10 Å². The summed E-state index contributed by atoms with van der Waals surface area (Å²) in [5, 5.41) is 13.7. The monoisotopic (exact) mass is 398 g/mol. The van der Waals surface area contributed by atoms with Crippen molar-refractivity contribution in [2.24, 2.45) is 0 Å². The van der Waals surface area contributed by atoms with Crippen LogP contribution in [0.1, 0.15) is 21.3 Å². The molecule has 4 rings (SSSR count). The number of para-hydroxylation sites is 1. The van der Waals surface area contributed by atoms with Crippen LogP contribution >= 0.6 is 22.7 Å². The molecule has 7 heteroatoms.